The summed E-state index contributed by atoms with van der Waals surface area (Å²) in [7, 11) is 0. The van der Waals surface area contributed by atoms with E-state index in [-0.39, 0.29) is 17.5 Å². The van der Waals surface area contributed by atoms with Crippen molar-refractivity contribution >= 4 is 0 Å². The first-order chi connectivity index (χ1) is 6.25. The highest BCUT2D eigenvalue weighted by Gasteiger charge is 2.12. The van der Waals surface area contributed by atoms with Crippen LogP contribution >= 0.6 is 0 Å². The van der Waals surface area contributed by atoms with Gasteiger partial charge in [0.1, 0.15) is 0 Å². The molecule has 11 heavy (non-hydrogen) atoms. The van der Waals surface area contributed by atoms with Crippen molar-refractivity contribution in [1.82, 2.24) is 0 Å². The van der Waals surface area contributed by atoms with Gasteiger partial charge in [0, 0.05) is 0 Å². The van der Waals surface area contributed by atoms with E-state index < -0.39 is 0 Å². The fraction of sp³-hybridized carbons (Fsp3) is 0.455. The second kappa shape index (κ2) is 2.69. The first-order valence-corrected chi connectivity index (χ1v) is 3.83. The van der Waals surface area contributed by atoms with Gasteiger partial charge in [0.2, 0.25) is 0 Å². The number of benzene rings is 1. The van der Waals surface area contributed by atoms with Crippen LogP contribution in [-0.4, -0.2) is 0 Å². The molecule has 0 aliphatic heterocycles. The molecule has 0 atom stereocenters. The summed E-state index contributed by atoms with van der Waals surface area (Å²) >= 11 is 0. The summed E-state index contributed by atoms with van der Waals surface area (Å²) in [5.74, 6) is 0. The molecule has 0 saturated carbocycles. The topological polar surface area (TPSA) is 0 Å². The predicted octanol–water partition coefficient (Wildman–Crippen LogP) is 3.29. The summed E-state index contributed by atoms with van der Waals surface area (Å²) in [5.41, 5.74) is 1.20. The number of hydrogen-bond donors (Lipinski definition) is 0. The van der Waals surface area contributed by atoms with Crippen LogP contribution in [0.25, 0.3) is 0 Å². The minimum absolute atomic E-state index is 0.188. The van der Waals surface area contributed by atoms with Crippen LogP contribution in [-0.2, 0) is 5.41 Å². The molecule has 0 saturated heterocycles. The van der Waals surface area contributed by atoms with Crippen LogP contribution < -0.4 is 0 Å². The lowest BCUT2D eigenvalue weighted by Gasteiger charge is -2.19. The highest BCUT2D eigenvalue weighted by Crippen LogP contribution is 2.22. The molecule has 0 radical (unpaired) electrons. The SMILES string of the molecule is [2H]c1cc(C)c([2H])c(C(C)(C)C)c1[2H]. The summed E-state index contributed by atoms with van der Waals surface area (Å²) in [6, 6.07) is 2.38. The lowest BCUT2D eigenvalue weighted by Crippen LogP contribution is -2.10. The van der Waals surface area contributed by atoms with Crippen LogP contribution in [0.5, 0.6) is 0 Å². The molecule has 1 rings (SSSR count). The molecule has 0 bridgehead atoms. The average molecular weight is 151 g/mol. The van der Waals surface area contributed by atoms with E-state index in [2.05, 4.69) is 0 Å². The molecular formula is C11H16. The molecule has 0 aliphatic rings. The largest absolute Gasteiger partial charge is 0.0629 e. The summed E-state index contributed by atoms with van der Waals surface area (Å²) in [6.45, 7) is 7.72. The Morgan fingerprint density at radius 3 is 2.55 bits per heavy atom. The van der Waals surface area contributed by atoms with Crippen molar-refractivity contribution in [3.63, 3.8) is 0 Å². The van der Waals surface area contributed by atoms with Crippen molar-refractivity contribution in [1.29, 1.82) is 0 Å². The molecule has 0 amide bonds. The second-order valence-corrected chi connectivity index (χ2v) is 3.85. The number of aryl methyl sites for hydroxylation is 1. The van der Waals surface area contributed by atoms with Crippen molar-refractivity contribution in [2.45, 2.75) is 33.1 Å². The molecule has 0 unspecified atom stereocenters. The fourth-order valence-electron chi connectivity index (χ4n) is 0.856. The van der Waals surface area contributed by atoms with Gasteiger partial charge in [-0.25, -0.2) is 0 Å². The Balaban J connectivity index is 3.56. The Morgan fingerprint density at radius 1 is 1.36 bits per heavy atom. The molecule has 0 fully saturated rings. The zero-order valence-electron chi connectivity index (χ0n) is 10.6. The number of hydrogen-bond acceptors (Lipinski definition) is 0. The molecule has 0 aromatic heterocycles. The first-order valence-electron chi connectivity index (χ1n) is 5.33. The fourth-order valence-corrected chi connectivity index (χ4v) is 0.856. The van der Waals surface area contributed by atoms with E-state index in [1.165, 1.54) is 0 Å². The Hall–Kier alpha value is -0.780. The zero-order chi connectivity index (χ0) is 11.1. The van der Waals surface area contributed by atoms with Crippen LogP contribution in [0.3, 0.4) is 0 Å². The van der Waals surface area contributed by atoms with Gasteiger partial charge in [-0.15, -0.1) is 0 Å². The van der Waals surface area contributed by atoms with Gasteiger partial charge in [0.05, 0.1) is 4.11 Å². The maximum Gasteiger partial charge on any atom is 0.0629 e. The molecule has 0 spiro atoms. The van der Waals surface area contributed by atoms with Crippen molar-refractivity contribution in [2.75, 3.05) is 0 Å². The third kappa shape index (κ3) is 2.07. The van der Waals surface area contributed by atoms with E-state index in [0.717, 1.165) is 5.56 Å². The lowest BCUT2D eigenvalue weighted by atomic mass is 9.86. The third-order valence-electron chi connectivity index (χ3n) is 1.56. The van der Waals surface area contributed by atoms with Crippen molar-refractivity contribution in [3.8, 4) is 0 Å². The van der Waals surface area contributed by atoms with Crippen molar-refractivity contribution in [3.05, 3.63) is 35.3 Å². The average Bonchev–Trinajstić information content (AvgIpc) is 1.98. The van der Waals surface area contributed by atoms with Crippen LogP contribution in [0.15, 0.2) is 24.2 Å². The van der Waals surface area contributed by atoms with Gasteiger partial charge in [-0.2, -0.15) is 0 Å². The normalized spacial score (nSPS) is 15.5. The Labute approximate surface area is 73.5 Å². The predicted molar refractivity (Wildman–Crippen MR) is 49.9 cm³/mol. The summed E-state index contributed by atoms with van der Waals surface area (Å²) in [6.07, 6.45) is 0. The lowest BCUT2D eigenvalue weighted by molar-refractivity contribution is 0.590. The van der Waals surface area contributed by atoms with Crippen molar-refractivity contribution < 1.29 is 4.11 Å². The summed E-state index contributed by atoms with van der Waals surface area (Å²) < 4.78 is 23.3. The summed E-state index contributed by atoms with van der Waals surface area (Å²) in [5, 5.41) is 0. The van der Waals surface area contributed by atoms with E-state index >= 15 is 0 Å². The highest BCUT2D eigenvalue weighted by atomic mass is 14.2. The molecule has 1 aromatic carbocycles. The molecule has 1 aromatic rings. The zero-order valence-corrected chi connectivity index (χ0v) is 7.58. The van der Waals surface area contributed by atoms with E-state index in [9.17, 15) is 0 Å². The van der Waals surface area contributed by atoms with Crippen LogP contribution in [0.4, 0.5) is 0 Å². The van der Waals surface area contributed by atoms with E-state index in [1.54, 1.807) is 6.07 Å². The highest BCUT2D eigenvalue weighted by molar-refractivity contribution is 5.27. The van der Waals surface area contributed by atoms with Crippen molar-refractivity contribution in [2.24, 2.45) is 0 Å². The van der Waals surface area contributed by atoms with Crippen LogP contribution in [0.2, 0.25) is 0 Å². The van der Waals surface area contributed by atoms with E-state index in [0.29, 0.717) is 11.6 Å². The van der Waals surface area contributed by atoms with Gasteiger partial charge in [-0.3, -0.25) is 0 Å². The maximum atomic E-state index is 7.89. The van der Waals surface area contributed by atoms with Crippen LogP contribution in [0, 0.1) is 6.92 Å². The monoisotopic (exact) mass is 151 g/mol. The molecular weight excluding hydrogens is 132 g/mol. The Bertz CT molecular complexity index is 336. The summed E-state index contributed by atoms with van der Waals surface area (Å²) in [4.78, 5) is 0. The minimum atomic E-state index is -0.240. The minimum Gasteiger partial charge on any atom is -0.0617 e. The first kappa shape index (κ1) is 4.97. The smallest absolute Gasteiger partial charge is 0.0617 e. The van der Waals surface area contributed by atoms with Gasteiger partial charge >= 0.3 is 0 Å². The van der Waals surface area contributed by atoms with Gasteiger partial charge in [-0.1, -0.05) is 50.5 Å². The maximum absolute atomic E-state index is 7.89. The van der Waals surface area contributed by atoms with Gasteiger partial charge in [-0.05, 0) is 17.9 Å². The molecule has 0 aliphatic carbocycles. The molecule has 60 valence electrons. The molecule has 0 nitrogen and oxygen atoms in total. The van der Waals surface area contributed by atoms with Gasteiger partial charge < -0.3 is 0 Å². The van der Waals surface area contributed by atoms with Gasteiger partial charge in [0.25, 0.3) is 0 Å². The van der Waals surface area contributed by atoms with E-state index in [1.807, 2.05) is 27.7 Å². The number of rotatable bonds is 0. The Kier molecular flexibility index (Phi) is 1.22. The van der Waals surface area contributed by atoms with Crippen LogP contribution in [0.1, 0.15) is 36.0 Å². The molecule has 0 heteroatoms. The van der Waals surface area contributed by atoms with E-state index in [4.69, 9.17) is 4.11 Å². The third-order valence-corrected chi connectivity index (χ3v) is 1.56. The standard InChI is InChI=1S/C11H16/c1-9-6-5-7-10(8-9)11(2,3)4/h5-8H,1-4H3/i5D,7D,8D. The molecule has 0 N–H and O–H groups in total. The quantitative estimate of drug-likeness (QED) is 0.533. The second-order valence-electron chi connectivity index (χ2n) is 3.85. The van der Waals surface area contributed by atoms with Gasteiger partial charge in [0.15, 0.2) is 0 Å². The Morgan fingerprint density at radius 2 is 2.00 bits per heavy atom. The molecule has 0 heterocycles.